The number of para-hydroxylation sites is 1. The van der Waals surface area contributed by atoms with Gasteiger partial charge in [0.15, 0.2) is 0 Å². The molecule has 0 atom stereocenters. The van der Waals surface area contributed by atoms with Gasteiger partial charge in [0.2, 0.25) is 5.91 Å². The van der Waals surface area contributed by atoms with E-state index in [1.165, 1.54) is 11.1 Å². The van der Waals surface area contributed by atoms with E-state index in [0.29, 0.717) is 19.6 Å². The van der Waals surface area contributed by atoms with E-state index in [4.69, 9.17) is 9.84 Å². The van der Waals surface area contributed by atoms with Crippen molar-refractivity contribution < 1.29 is 14.6 Å². The minimum atomic E-state index is -0.0125. The zero-order valence-electron chi connectivity index (χ0n) is 15.4. The summed E-state index contributed by atoms with van der Waals surface area (Å²) in [6, 6.07) is 14.0. The van der Waals surface area contributed by atoms with Crippen LogP contribution in [0.3, 0.4) is 0 Å². The van der Waals surface area contributed by atoms with Crippen molar-refractivity contribution in [2.75, 3.05) is 37.7 Å². The van der Waals surface area contributed by atoms with Crippen molar-refractivity contribution >= 4 is 11.6 Å². The van der Waals surface area contributed by atoms with Crippen LogP contribution in [0.1, 0.15) is 16.7 Å². The average molecular weight is 354 g/mol. The zero-order chi connectivity index (χ0) is 18.5. The van der Waals surface area contributed by atoms with E-state index in [0.717, 1.165) is 23.5 Å². The standard InChI is InChI=1S/C21H26N2O3/c1-16-11-17(2)13-19(12-16)23-8-7-22(15-21(23)25)14-18-5-3-4-6-20(18)26-10-9-24/h3-6,11-13,24H,7-10,14-15H2,1-2H3. The first-order valence-corrected chi connectivity index (χ1v) is 8.99. The average Bonchev–Trinajstić information content (AvgIpc) is 2.60. The van der Waals surface area contributed by atoms with E-state index in [1.807, 2.05) is 29.2 Å². The van der Waals surface area contributed by atoms with E-state index in [2.05, 4.69) is 36.9 Å². The van der Waals surface area contributed by atoms with Crippen LogP contribution in [0.15, 0.2) is 42.5 Å². The first-order chi connectivity index (χ1) is 12.6. The smallest absolute Gasteiger partial charge is 0.241 e. The molecule has 138 valence electrons. The molecule has 0 bridgehead atoms. The number of hydrogen-bond donors (Lipinski definition) is 1. The number of aliphatic hydroxyl groups excluding tert-OH is 1. The maximum absolute atomic E-state index is 12.7. The summed E-state index contributed by atoms with van der Waals surface area (Å²) < 4.78 is 5.60. The van der Waals surface area contributed by atoms with Crippen LogP contribution in [0.5, 0.6) is 5.75 Å². The van der Waals surface area contributed by atoms with Gasteiger partial charge < -0.3 is 14.7 Å². The molecule has 3 rings (SSSR count). The van der Waals surface area contributed by atoms with Crippen molar-refractivity contribution in [2.45, 2.75) is 20.4 Å². The van der Waals surface area contributed by atoms with Gasteiger partial charge in [-0.25, -0.2) is 0 Å². The Morgan fingerprint density at radius 3 is 2.50 bits per heavy atom. The van der Waals surface area contributed by atoms with Crippen LogP contribution in [0.25, 0.3) is 0 Å². The highest BCUT2D eigenvalue weighted by Crippen LogP contribution is 2.24. The lowest BCUT2D eigenvalue weighted by Crippen LogP contribution is -2.50. The number of piperazine rings is 1. The molecule has 1 amide bonds. The highest BCUT2D eigenvalue weighted by atomic mass is 16.5. The topological polar surface area (TPSA) is 53.0 Å². The molecule has 2 aromatic rings. The highest BCUT2D eigenvalue weighted by molar-refractivity contribution is 5.95. The van der Waals surface area contributed by atoms with E-state index in [-0.39, 0.29) is 19.1 Å². The summed E-state index contributed by atoms with van der Waals surface area (Å²) in [5, 5.41) is 8.97. The van der Waals surface area contributed by atoms with Crippen LogP contribution in [-0.2, 0) is 11.3 Å². The van der Waals surface area contributed by atoms with Crippen LogP contribution in [-0.4, -0.2) is 48.8 Å². The highest BCUT2D eigenvalue weighted by Gasteiger charge is 2.25. The van der Waals surface area contributed by atoms with Gasteiger partial charge in [0, 0.05) is 30.9 Å². The summed E-state index contributed by atoms with van der Waals surface area (Å²) >= 11 is 0. The molecule has 1 saturated heterocycles. The Kier molecular flexibility index (Phi) is 5.91. The summed E-state index contributed by atoms with van der Waals surface area (Å²) in [5.74, 6) is 0.890. The van der Waals surface area contributed by atoms with E-state index in [9.17, 15) is 4.79 Å². The molecule has 0 radical (unpaired) electrons. The lowest BCUT2D eigenvalue weighted by molar-refractivity contribution is -0.121. The van der Waals surface area contributed by atoms with Crippen molar-refractivity contribution in [3.8, 4) is 5.75 Å². The second-order valence-corrected chi connectivity index (χ2v) is 6.78. The van der Waals surface area contributed by atoms with Gasteiger partial charge in [-0.05, 0) is 43.2 Å². The minimum absolute atomic E-state index is 0.0125. The fourth-order valence-electron chi connectivity index (χ4n) is 3.41. The minimum Gasteiger partial charge on any atom is -0.491 e. The second-order valence-electron chi connectivity index (χ2n) is 6.78. The first-order valence-electron chi connectivity index (χ1n) is 8.99. The van der Waals surface area contributed by atoms with Gasteiger partial charge in [-0.3, -0.25) is 9.69 Å². The molecule has 1 fully saturated rings. The molecule has 0 unspecified atom stereocenters. The fraction of sp³-hybridized carbons (Fsp3) is 0.381. The molecule has 0 spiro atoms. The molecule has 0 aliphatic carbocycles. The van der Waals surface area contributed by atoms with E-state index in [1.54, 1.807) is 0 Å². The summed E-state index contributed by atoms with van der Waals surface area (Å²) in [6.07, 6.45) is 0. The molecule has 1 heterocycles. The predicted molar refractivity (Wildman–Crippen MR) is 103 cm³/mol. The lowest BCUT2D eigenvalue weighted by Gasteiger charge is -2.34. The molecule has 26 heavy (non-hydrogen) atoms. The zero-order valence-corrected chi connectivity index (χ0v) is 15.4. The summed E-state index contributed by atoms with van der Waals surface area (Å²) in [5.41, 5.74) is 4.36. The molecule has 5 nitrogen and oxygen atoms in total. The third-order valence-corrected chi connectivity index (χ3v) is 4.53. The maximum atomic E-state index is 12.7. The number of rotatable bonds is 6. The van der Waals surface area contributed by atoms with Crippen molar-refractivity contribution in [1.82, 2.24) is 4.90 Å². The Labute approximate surface area is 154 Å². The van der Waals surface area contributed by atoms with Gasteiger partial charge in [-0.15, -0.1) is 0 Å². The normalized spacial score (nSPS) is 15.3. The Hall–Kier alpha value is -2.37. The molecule has 1 N–H and O–H groups in total. The monoisotopic (exact) mass is 354 g/mol. The summed E-state index contributed by atoms with van der Waals surface area (Å²) in [6.45, 7) is 6.92. The van der Waals surface area contributed by atoms with Crippen LogP contribution >= 0.6 is 0 Å². The molecular formula is C21H26N2O3. The van der Waals surface area contributed by atoms with Crippen molar-refractivity contribution in [2.24, 2.45) is 0 Å². The number of aliphatic hydroxyl groups is 1. The van der Waals surface area contributed by atoms with Gasteiger partial charge in [0.25, 0.3) is 0 Å². The lowest BCUT2D eigenvalue weighted by atomic mass is 10.1. The Balaban J connectivity index is 1.67. The van der Waals surface area contributed by atoms with Crippen LogP contribution in [0.4, 0.5) is 5.69 Å². The number of nitrogens with zero attached hydrogens (tertiary/aromatic N) is 2. The number of carbonyl (C=O) groups excluding carboxylic acids is 1. The molecule has 0 aromatic heterocycles. The van der Waals surface area contributed by atoms with Crippen LogP contribution in [0, 0.1) is 13.8 Å². The largest absolute Gasteiger partial charge is 0.491 e. The Bertz CT molecular complexity index is 755. The van der Waals surface area contributed by atoms with Gasteiger partial charge >= 0.3 is 0 Å². The Morgan fingerprint density at radius 1 is 1.08 bits per heavy atom. The summed E-state index contributed by atoms with van der Waals surface area (Å²) in [4.78, 5) is 16.7. The second kappa shape index (κ2) is 8.34. The number of hydrogen-bond acceptors (Lipinski definition) is 4. The van der Waals surface area contributed by atoms with Crippen molar-refractivity contribution in [3.05, 3.63) is 59.2 Å². The maximum Gasteiger partial charge on any atom is 0.241 e. The third kappa shape index (κ3) is 4.42. The van der Waals surface area contributed by atoms with Gasteiger partial charge in [0.1, 0.15) is 12.4 Å². The van der Waals surface area contributed by atoms with E-state index >= 15 is 0 Å². The number of anilines is 1. The van der Waals surface area contributed by atoms with Crippen LogP contribution in [0.2, 0.25) is 0 Å². The summed E-state index contributed by atoms with van der Waals surface area (Å²) in [7, 11) is 0. The number of carbonyl (C=O) groups is 1. The van der Waals surface area contributed by atoms with Crippen molar-refractivity contribution in [3.63, 3.8) is 0 Å². The molecule has 1 aliphatic rings. The Morgan fingerprint density at radius 2 is 1.81 bits per heavy atom. The van der Waals surface area contributed by atoms with Crippen molar-refractivity contribution in [1.29, 1.82) is 0 Å². The quantitative estimate of drug-likeness (QED) is 0.866. The number of ether oxygens (including phenoxy) is 1. The molecule has 0 saturated carbocycles. The first kappa shape index (κ1) is 18.4. The van der Waals surface area contributed by atoms with Crippen LogP contribution < -0.4 is 9.64 Å². The van der Waals surface area contributed by atoms with Gasteiger partial charge in [-0.2, -0.15) is 0 Å². The fourth-order valence-corrected chi connectivity index (χ4v) is 3.41. The number of amides is 1. The predicted octanol–water partition coefficient (Wildman–Crippen LogP) is 2.52. The molecular weight excluding hydrogens is 328 g/mol. The molecule has 5 heteroatoms. The molecule has 2 aromatic carbocycles. The molecule has 1 aliphatic heterocycles. The van der Waals surface area contributed by atoms with Gasteiger partial charge in [-0.1, -0.05) is 24.3 Å². The van der Waals surface area contributed by atoms with E-state index < -0.39 is 0 Å². The number of benzene rings is 2. The third-order valence-electron chi connectivity index (χ3n) is 4.53. The van der Waals surface area contributed by atoms with Gasteiger partial charge in [0.05, 0.1) is 13.2 Å². The number of aryl methyl sites for hydroxylation is 2. The SMILES string of the molecule is Cc1cc(C)cc(N2CCN(Cc3ccccc3OCCO)CC2=O)c1.